The maximum atomic E-state index is 9.13. The van der Waals surface area contributed by atoms with Gasteiger partial charge in [0.15, 0.2) is 0 Å². The van der Waals surface area contributed by atoms with Crippen molar-refractivity contribution in [3.05, 3.63) is 30.3 Å². The molecule has 1 aromatic carbocycles. The Morgan fingerprint density at radius 2 is 1.73 bits per heavy atom. The van der Waals surface area contributed by atoms with E-state index in [9.17, 15) is 0 Å². The summed E-state index contributed by atoms with van der Waals surface area (Å²) in [7, 11) is 0. The van der Waals surface area contributed by atoms with Gasteiger partial charge in [-0.3, -0.25) is 0 Å². The van der Waals surface area contributed by atoms with E-state index in [1.54, 1.807) is 0 Å². The number of hydrogen-bond donors (Lipinski definition) is 2. The van der Waals surface area contributed by atoms with Crippen LogP contribution in [0, 0.1) is 0 Å². The summed E-state index contributed by atoms with van der Waals surface area (Å²) in [6, 6.07) is 9.38. The summed E-state index contributed by atoms with van der Waals surface area (Å²) >= 11 is 1.15. The normalized spacial score (nSPS) is 13.0. The quantitative estimate of drug-likeness (QED) is 0.699. The van der Waals surface area contributed by atoms with Gasteiger partial charge in [0, 0.05) is 0 Å². The number of benzene rings is 1. The Morgan fingerprint density at radius 1 is 1.18 bits per heavy atom. The Kier molecular flexibility index (Phi) is 2.90. The molecule has 0 fully saturated rings. The van der Waals surface area contributed by atoms with Crippen LogP contribution in [0.1, 0.15) is 0 Å². The van der Waals surface area contributed by atoms with Gasteiger partial charge in [-0.05, 0) is 0 Å². The summed E-state index contributed by atoms with van der Waals surface area (Å²) in [5, 5.41) is 0. The first-order valence-corrected chi connectivity index (χ1v) is 7.20. The van der Waals surface area contributed by atoms with Gasteiger partial charge in [-0.25, -0.2) is 0 Å². The molecule has 0 bridgehead atoms. The Bertz CT molecular complexity index is 220. The Hall–Kier alpha value is -0.0800. The minimum absolute atomic E-state index is 0.909. The fourth-order valence-corrected chi connectivity index (χ4v) is 3.20. The van der Waals surface area contributed by atoms with Gasteiger partial charge in [0.2, 0.25) is 0 Å². The van der Waals surface area contributed by atoms with Crippen molar-refractivity contribution >= 4 is 18.3 Å². The van der Waals surface area contributed by atoms with E-state index in [2.05, 4.69) is 0 Å². The van der Waals surface area contributed by atoms with Gasteiger partial charge in [-0.15, -0.1) is 0 Å². The van der Waals surface area contributed by atoms with Gasteiger partial charge in [0.25, 0.3) is 0 Å². The average molecular weight is 190 g/mol. The third-order valence-corrected chi connectivity index (χ3v) is 3.82. The Balaban J connectivity index is 2.66. The second-order valence-electron chi connectivity index (χ2n) is 2.35. The van der Waals surface area contributed by atoms with Crippen molar-refractivity contribution in [1.82, 2.24) is 0 Å². The zero-order chi connectivity index (χ0) is 8.32. The van der Waals surface area contributed by atoms with Crippen molar-refractivity contribution in [1.29, 1.82) is 0 Å². The summed E-state index contributed by atoms with van der Waals surface area (Å²) in [5.74, 6) is 0. The van der Waals surface area contributed by atoms with E-state index >= 15 is 0 Å². The van der Waals surface area contributed by atoms with E-state index in [0.717, 1.165) is 16.3 Å². The molecule has 0 aliphatic heterocycles. The molecule has 2 N–H and O–H groups in total. The SMILES string of the molecule is C[PH](O)(O)Sc1ccccc1. The second kappa shape index (κ2) is 3.55. The topological polar surface area (TPSA) is 40.5 Å². The van der Waals surface area contributed by atoms with Crippen LogP contribution in [0.25, 0.3) is 0 Å². The van der Waals surface area contributed by atoms with Gasteiger partial charge in [-0.2, -0.15) is 0 Å². The molecule has 0 saturated heterocycles. The maximum absolute atomic E-state index is 9.13. The van der Waals surface area contributed by atoms with Crippen LogP contribution < -0.4 is 0 Å². The van der Waals surface area contributed by atoms with Gasteiger partial charge < -0.3 is 0 Å². The first kappa shape index (κ1) is 9.01. The summed E-state index contributed by atoms with van der Waals surface area (Å²) in [6.45, 7) is -1.50. The van der Waals surface area contributed by atoms with Crippen LogP contribution in [0.15, 0.2) is 35.2 Å². The van der Waals surface area contributed by atoms with E-state index in [-0.39, 0.29) is 0 Å². The average Bonchev–Trinajstić information content (AvgIpc) is 1.85. The molecule has 0 aliphatic carbocycles. The molecule has 1 rings (SSSR count). The summed E-state index contributed by atoms with van der Waals surface area (Å²) in [6.07, 6.45) is 0. The Morgan fingerprint density at radius 3 is 2.18 bits per heavy atom. The van der Waals surface area contributed by atoms with Crippen LogP contribution in [-0.2, 0) is 0 Å². The van der Waals surface area contributed by atoms with Crippen LogP contribution in [0.3, 0.4) is 0 Å². The van der Waals surface area contributed by atoms with Gasteiger partial charge >= 0.3 is 70.0 Å². The second-order valence-corrected chi connectivity index (χ2v) is 7.82. The molecule has 0 unspecified atom stereocenters. The molecule has 0 saturated carbocycles. The van der Waals surface area contributed by atoms with E-state index < -0.39 is 6.92 Å². The first-order chi connectivity index (χ1) is 5.08. The van der Waals surface area contributed by atoms with Crippen molar-refractivity contribution in [2.45, 2.75) is 4.90 Å². The predicted octanol–water partition coefficient (Wildman–Crippen LogP) is 1.89. The van der Waals surface area contributed by atoms with Crippen molar-refractivity contribution in [2.24, 2.45) is 0 Å². The van der Waals surface area contributed by atoms with E-state index in [0.29, 0.717) is 0 Å². The molecule has 0 amide bonds. The first-order valence-electron chi connectivity index (χ1n) is 3.27. The predicted molar refractivity (Wildman–Crippen MR) is 51.0 cm³/mol. The van der Waals surface area contributed by atoms with E-state index in [4.69, 9.17) is 9.79 Å². The molecule has 1 aromatic rings. The van der Waals surface area contributed by atoms with Crippen molar-refractivity contribution in [3.8, 4) is 0 Å². The van der Waals surface area contributed by atoms with E-state index in [1.807, 2.05) is 30.3 Å². The summed E-state index contributed by atoms with van der Waals surface area (Å²) in [5.41, 5.74) is 0. The van der Waals surface area contributed by atoms with Crippen LogP contribution in [-0.4, -0.2) is 16.5 Å². The molecule has 0 heterocycles. The molecule has 0 atom stereocenters. The standard InChI is InChI=1S/C7H11O2PS/c1-10(8,9)11-7-5-3-2-4-6-7/h2-6,8-10H,1H3. The van der Waals surface area contributed by atoms with Crippen LogP contribution in [0.4, 0.5) is 0 Å². The van der Waals surface area contributed by atoms with Gasteiger partial charge in [0.1, 0.15) is 0 Å². The third kappa shape index (κ3) is 3.73. The third-order valence-electron chi connectivity index (χ3n) is 1.05. The fraction of sp³-hybridized carbons (Fsp3) is 0.143. The van der Waals surface area contributed by atoms with Gasteiger partial charge in [-0.1, -0.05) is 0 Å². The van der Waals surface area contributed by atoms with Crippen LogP contribution >= 0.6 is 18.3 Å². The fourth-order valence-electron chi connectivity index (χ4n) is 0.712. The molecule has 4 heteroatoms. The monoisotopic (exact) mass is 190 g/mol. The van der Waals surface area contributed by atoms with Gasteiger partial charge in [0.05, 0.1) is 0 Å². The number of rotatable bonds is 2. The zero-order valence-corrected chi connectivity index (χ0v) is 8.01. The molecule has 0 aromatic heterocycles. The summed E-state index contributed by atoms with van der Waals surface area (Å²) < 4.78 is 0. The molecular formula is C7H11O2PS. The summed E-state index contributed by atoms with van der Waals surface area (Å²) in [4.78, 5) is 19.2. The van der Waals surface area contributed by atoms with Crippen molar-refractivity contribution in [3.63, 3.8) is 0 Å². The molecule has 0 spiro atoms. The molecular weight excluding hydrogens is 179 g/mol. The molecule has 11 heavy (non-hydrogen) atoms. The minimum atomic E-state index is -2.98. The van der Waals surface area contributed by atoms with Crippen molar-refractivity contribution < 1.29 is 9.79 Å². The molecule has 0 aliphatic rings. The molecule has 0 radical (unpaired) electrons. The number of hydrogen-bond acceptors (Lipinski definition) is 3. The van der Waals surface area contributed by atoms with Crippen molar-refractivity contribution in [2.75, 3.05) is 6.66 Å². The molecule has 2 nitrogen and oxygen atoms in total. The Labute approximate surface area is 70.5 Å². The van der Waals surface area contributed by atoms with Crippen LogP contribution in [0.2, 0.25) is 0 Å². The van der Waals surface area contributed by atoms with E-state index in [1.165, 1.54) is 6.66 Å². The van der Waals surface area contributed by atoms with Crippen LogP contribution in [0.5, 0.6) is 0 Å². The molecule has 62 valence electrons. The zero-order valence-electron chi connectivity index (χ0n) is 6.19.